The number of benzene rings is 3. The van der Waals surface area contributed by atoms with Crippen molar-refractivity contribution in [3.05, 3.63) is 89.0 Å². The van der Waals surface area contributed by atoms with Crippen molar-refractivity contribution < 1.29 is 28.9 Å². The Hall–Kier alpha value is -4.26. The molecule has 0 aliphatic carbocycles. The third-order valence-corrected chi connectivity index (χ3v) is 6.09. The zero-order valence-corrected chi connectivity index (χ0v) is 22.4. The predicted molar refractivity (Wildman–Crippen MR) is 147 cm³/mol. The van der Waals surface area contributed by atoms with Gasteiger partial charge in [-0.05, 0) is 64.4 Å². The summed E-state index contributed by atoms with van der Waals surface area (Å²) < 4.78 is 17.2. The van der Waals surface area contributed by atoms with Gasteiger partial charge in [-0.2, -0.15) is 0 Å². The Labute approximate surface area is 223 Å². The first-order valence-corrected chi connectivity index (χ1v) is 12.8. The first kappa shape index (κ1) is 26.8. The number of carbonyl (C=O) groups is 2. The van der Waals surface area contributed by atoms with Crippen LogP contribution in [0.2, 0.25) is 0 Å². The van der Waals surface area contributed by atoms with Crippen molar-refractivity contribution in [1.29, 1.82) is 0 Å². The second-order valence-corrected chi connectivity index (χ2v) is 9.27. The summed E-state index contributed by atoms with van der Waals surface area (Å²) in [7, 11) is 0. The van der Waals surface area contributed by atoms with E-state index in [-0.39, 0.29) is 17.4 Å². The van der Waals surface area contributed by atoms with Crippen molar-refractivity contribution in [2.45, 2.75) is 46.8 Å². The number of ketones is 1. The van der Waals surface area contributed by atoms with E-state index >= 15 is 0 Å². The van der Waals surface area contributed by atoms with Crippen molar-refractivity contribution in [2.24, 2.45) is 0 Å². The van der Waals surface area contributed by atoms with Gasteiger partial charge in [-0.3, -0.25) is 14.5 Å². The van der Waals surface area contributed by atoms with Crippen LogP contribution in [0.15, 0.2) is 72.3 Å². The molecule has 3 aromatic carbocycles. The smallest absolute Gasteiger partial charge is 0.300 e. The number of aliphatic hydroxyl groups excluding tert-OH is 1. The van der Waals surface area contributed by atoms with Crippen LogP contribution in [-0.4, -0.2) is 36.1 Å². The first-order chi connectivity index (χ1) is 18.2. The van der Waals surface area contributed by atoms with Crippen LogP contribution < -0.4 is 19.1 Å². The van der Waals surface area contributed by atoms with Gasteiger partial charge < -0.3 is 19.3 Å². The Morgan fingerprint density at radius 1 is 0.921 bits per heavy atom. The molecule has 38 heavy (non-hydrogen) atoms. The second-order valence-electron chi connectivity index (χ2n) is 9.27. The van der Waals surface area contributed by atoms with Gasteiger partial charge >= 0.3 is 0 Å². The Morgan fingerprint density at radius 2 is 1.63 bits per heavy atom. The molecule has 1 aliphatic heterocycles. The van der Waals surface area contributed by atoms with E-state index in [1.54, 1.807) is 42.5 Å². The molecular weight excluding hydrogens is 482 g/mol. The SMILES string of the molecule is CCOc1ccc(N2C(=O)C(=O)/C(=C(/O)c3cccc(OC(C)C)c3)C2c2cccc(C)c2)cc1OCC. The molecule has 0 aromatic heterocycles. The highest BCUT2D eigenvalue weighted by Crippen LogP contribution is 2.44. The zero-order valence-electron chi connectivity index (χ0n) is 22.4. The molecule has 0 saturated carbocycles. The Bertz CT molecular complexity index is 1380. The largest absolute Gasteiger partial charge is 0.507 e. The van der Waals surface area contributed by atoms with Crippen LogP contribution in [0.4, 0.5) is 5.69 Å². The van der Waals surface area contributed by atoms with E-state index < -0.39 is 17.7 Å². The van der Waals surface area contributed by atoms with E-state index in [0.29, 0.717) is 47.3 Å². The summed E-state index contributed by atoms with van der Waals surface area (Å²) in [5.74, 6) is -0.199. The molecule has 1 saturated heterocycles. The molecule has 7 heteroatoms. The van der Waals surface area contributed by atoms with Gasteiger partial charge in [-0.25, -0.2) is 0 Å². The lowest BCUT2D eigenvalue weighted by atomic mass is 9.94. The summed E-state index contributed by atoms with van der Waals surface area (Å²) >= 11 is 0. The molecule has 0 bridgehead atoms. The van der Waals surface area contributed by atoms with Crippen LogP contribution in [0.3, 0.4) is 0 Å². The molecule has 7 nitrogen and oxygen atoms in total. The fourth-order valence-corrected chi connectivity index (χ4v) is 4.59. The minimum absolute atomic E-state index is 0.00846. The molecule has 1 unspecified atom stereocenters. The summed E-state index contributed by atoms with van der Waals surface area (Å²) in [4.78, 5) is 28.5. The molecule has 3 aromatic rings. The van der Waals surface area contributed by atoms with Crippen molar-refractivity contribution >= 4 is 23.1 Å². The van der Waals surface area contributed by atoms with Crippen molar-refractivity contribution in [3.63, 3.8) is 0 Å². The number of aliphatic hydroxyl groups is 1. The molecule has 1 aliphatic rings. The minimum Gasteiger partial charge on any atom is -0.507 e. The van der Waals surface area contributed by atoms with Crippen molar-refractivity contribution in [3.8, 4) is 17.2 Å². The maximum Gasteiger partial charge on any atom is 0.300 e. The number of carbonyl (C=O) groups excluding carboxylic acids is 2. The third kappa shape index (κ3) is 5.37. The lowest BCUT2D eigenvalue weighted by Crippen LogP contribution is -2.29. The molecule has 4 rings (SSSR count). The maximum absolute atomic E-state index is 13.5. The van der Waals surface area contributed by atoms with Crippen molar-refractivity contribution in [2.75, 3.05) is 18.1 Å². The van der Waals surface area contributed by atoms with Crippen LogP contribution in [0, 0.1) is 6.92 Å². The van der Waals surface area contributed by atoms with Crippen LogP contribution in [0.5, 0.6) is 17.2 Å². The zero-order chi connectivity index (χ0) is 27.4. The maximum atomic E-state index is 13.5. The van der Waals surface area contributed by atoms with E-state index in [4.69, 9.17) is 14.2 Å². The number of nitrogens with zero attached hydrogens (tertiary/aromatic N) is 1. The normalized spacial score (nSPS) is 16.7. The molecular formula is C31H33NO6. The minimum atomic E-state index is -0.850. The highest BCUT2D eigenvalue weighted by atomic mass is 16.5. The molecule has 198 valence electrons. The highest BCUT2D eigenvalue weighted by Gasteiger charge is 2.47. The second kappa shape index (κ2) is 11.4. The Balaban J connectivity index is 1.90. The number of aryl methyl sites for hydroxylation is 1. The van der Waals surface area contributed by atoms with E-state index in [0.717, 1.165) is 5.56 Å². The first-order valence-electron chi connectivity index (χ1n) is 12.8. The van der Waals surface area contributed by atoms with Gasteiger partial charge in [0, 0.05) is 17.3 Å². The lowest BCUT2D eigenvalue weighted by Gasteiger charge is -2.26. The van der Waals surface area contributed by atoms with Crippen LogP contribution in [0.25, 0.3) is 5.76 Å². The van der Waals surface area contributed by atoms with Crippen molar-refractivity contribution in [1.82, 2.24) is 0 Å². The molecule has 0 radical (unpaired) electrons. The van der Waals surface area contributed by atoms with Gasteiger partial charge in [0.15, 0.2) is 11.5 Å². The third-order valence-electron chi connectivity index (χ3n) is 6.09. The monoisotopic (exact) mass is 515 g/mol. The number of ether oxygens (including phenoxy) is 3. The summed E-state index contributed by atoms with van der Waals surface area (Å²) in [5, 5.41) is 11.5. The van der Waals surface area contributed by atoms with Crippen LogP contribution in [0.1, 0.15) is 50.4 Å². The summed E-state index contributed by atoms with van der Waals surface area (Å²) in [6.45, 7) is 10.3. The van der Waals surface area contributed by atoms with E-state index in [1.165, 1.54) is 4.90 Å². The van der Waals surface area contributed by atoms with Crippen LogP contribution >= 0.6 is 0 Å². The number of rotatable bonds is 9. The molecule has 1 atom stereocenters. The number of amides is 1. The average molecular weight is 516 g/mol. The van der Waals surface area contributed by atoms with Crippen LogP contribution in [-0.2, 0) is 9.59 Å². The molecule has 1 heterocycles. The van der Waals surface area contributed by atoms with E-state index in [2.05, 4.69) is 0 Å². The summed E-state index contributed by atoms with van der Waals surface area (Å²) in [5.41, 5.74) is 2.52. The molecule has 1 amide bonds. The average Bonchev–Trinajstić information content (AvgIpc) is 3.15. The van der Waals surface area contributed by atoms with Gasteiger partial charge in [0.25, 0.3) is 11.7 Å². The number of anilines is 1. The molecule has 1 fully saturated rings. The fourth-order valence-electron chi connectivity index (χ4n) is 4.59. The lowest BCUT2D eigenvalue weighted by molar-refractivity contribution is -0.132. The molecule has 0 spiro atoms. The van der Waals surface area contributed by atoms with Gasteiger partial charge in [-0.1, -0.05) is 42.0 Å². The molecule has 1 N–H and O–H groups in total. The van der Waals surface area contributed by atoms with E-state index in [9.17, 15) is 14.7 Å². The quantitative estimate of drug-likeness (QED) is 0.207. The standard InChI is InChI=1S/C31H33NO6/c1-6-36-25-15-14-23(18-26(25)37-7-2)32-28(21-11-8-10-20(5)16-21)27(30(34)31(32)35)29(33)22-12-9-13-24(17-22)38-19(3)4/h8-19,28,33H,6-7H2,1-5H3/b29-27+. The highest BCUT2D eigenvalue weighted by molar-refractivity contribution is 6.51. The van der Waals surface area contributed by atoms with Gasteiger partial charge in [0.05, 0.1) is 30.9 Å². The summed E-state index contributed by atoms with van der Waals surface area (Å²) in [6, 6.07) is 18.7. The Morgan fingerprint density at radius 3 is 2.32 bits per heavy atom. The predicted octanol–water partition coefficient (Wildman–Crippen LogP) is 6.21. The van der Waals surface area contributed by atoms with E-state index in [1.807, 2.05) is 58.9 Å². The Kier molecular flexibility index (Phi) is 8.05. The number of hydrogen-bond acceptors (Lipinski definition) is 6. The fraction of sp³-hybridized carbons (Fsp3) is 0.290. The number of Topliss-reactive ketones (excluding diaryl/α,β-unsaturated/α-hetero) is 1. The summed E-state index contributed by atoms with van der Waals surface area (Å²) in [6.07, 6.45) is -0.0653. The topological polar surface area (TPSA) is 85.3 Å². The van der Waals surface area contributed by atoms with Gasteiger partial charge in [0.2, 0.25) is 0 Å². The number of hydrogen-bond donors (Lipinski definition) is 1. The van der Waals surface area contributed by atoms with Gasteiger partial charge in [-0.15, -0.1) is 0 Å². The van der Waals surface area contributed by atoms with Gasteiger partial charge in [0.1, 0.15) is 11.5 Å².